The van der Waals surface area contributed by atoms with Crippen LogP contribution in [-0.2, 0) is 6.61 Å². The highest BCUT2D eigenvalue weighted by molar-refractivity contribution is 9.10. The van der Waals surface area contributed by atoms with Gasteiger partial charge in [0.15, 0.2) is 0 Å². The number of rotatable bonds is 6. The van der Waals surface area contributed by atoms with Gasteiger partial charge in [0, 0.05) is 10.4 Å². The van der Waals surface area contributed by atoms with E-state index in [1.807, 2.05) is 57.2 Å². The molecule has 0 radical (unpaired) electrons. The molecule has 168 valence electrons. The average molecular weight is 525 g/mol. The van der Waals surface area contributed by atoms with Crippen molar-refractivity contribution in [3.05, 3.63) is 103 Å². The molecule has 0 bridgehead atoms. The maximum absolute atomic E-state index is 13.1. The number of hydrogen-bond acceptors (Lipinski definition) is 4. The fraction of sp³-hybridized carbons (Fsp3) is 0.192. The van der Waals surface area contributed by atoms with Gasteiger partial charge in [-0.25, -0.2) is 4.98 Å². The average Bonchev–Trinajstić information content (AvgIpc) is 2.78. The van der Waals surface area contributed by atoms with E-state index in [0.717, 1.165) is 15.6 Å². The fourth-order valence-corrected chi connectivity index (χ4v) is 4.06. The predicted molar refractivity (Wildman–Crippen MR) is 138 cm³/mol. The van der Waals surface area contributed by atoms with Crippen LogP contribution in [0.4, 0.5) is 0 Å². The fourth-order valence-electron chi connectivity index (χ4n) is 3.45. The van der Waals surface area contributed by atoms with E-state index in [1.54, 1.807) is 24.4 Å². The monoisotopic (exact) mass is 523 g/mol. The first-order valence-corrected chi connectivity index (χ1v) is 11.7. The Bertz CT molecular complexity index is 1410. The smallest absolute Gasteiger partial charge is 0.282 e. The van der Waals surface area contributed by atoms with Gasteiger partial charge in [-0.2, -0.15) is 9.78 Å². The Morgan fingerprint density at radius 1 is 1.15 bits per heavy atom. The minimum Gasteiger partial charge on any atom is -0.487 e. The van der Waals surface area contributed by atoms with E-state index in [9.17, 15) is 4.79 Å². The van der Waals surface area contributed by atoms with Crippen LogP contribution in [0.15, 0.2) is 75.0 Å². The van der Waals surface area contributed by atoms with Gasteiger partial charge >= 0.3 is 0 Å². The molecule has 0 fully saturated rings. The third-order valence-corrected chi connectivity index (χ3v) is 5.89. The molecular formula is C26H23BrClN3O2. The van der Waals surface area contributed by atoms with E-state index >= 15 is 0 Å². The number of aryl methyl sites for hydroxylation is 1. The summed E-state index contributed by atoms with van der Waals surface area (Å²) in [4.78, 5) is 17.8. The molecule has 0 N–H and O–H groups in total. The van der Waals surface area contributed by atoms with Crippen LogP contribution in [0.2, 0.25) is 5.02 Å². The van der Waals surface area contributed by atoms with Crippen molar-refractivity contribution in [3.8, 4) is 5.75 Å². The summed E-state index contributed by atoms with van der Waals surface area (Å²) in [7, 11) is 0. The van der Waals surface area contributed by atoms with Gasteiger partial charge in [0.25, 0.3) is 5.56 Å². The molecule has 0 saturated heterocycles. The second-order valence-electron chi connectivity index (χ2n) is 8.12. The van der Waals surface area contributed by atoms with E-state index in [4.69, 9.17) is 16.3 Å². The molecule has 5 nitrogen and oxygen atoms in total. The summed E-state index contributed by atoms with van der Waals surface area (Å²) in [6, 6.07) is 19.0. The van der Waals surface area contributed by atoms with Gasteiger partial charge in [-0.3, -0.25) is 4.79 Å². The van der Waals surface area contributed by atoms with Crippen molar-refractivity contribution in [1.82, 2.24) is 9.66 Å². The molecular weight excluding hydrogens is 502 g/mol. The Kier molecular flexibility index (Phi) is 6.96. The van der Waals surface area contributed by atoms with E-state index in [-0.39, 0.29) is 11.5 Å². The topological polar surface area (TPSA) is 56.5 Å². The number of fused-ring (bicyclic) bond motifs is 1. The number of ether oxygens (including phenoxy) is 1. The molecule has 1 aromatic heterocycles. The molecule has 7 heteroatoms. The third kappa shape index (κ3) is 5.34. The minimum absolute atomic E-state index is 0.0175. The van der Waals surface area contributed by atoms with Gasteiger partial charge in [0.05, 0.1) is 22.1 Å². The van der Waals surface area contributed by atoms with E-state index < -0.39 is 0 Å². The molecule has 1 heterocycles. The van der Waals surface area contributed by atoms with E-state index in [2.05, 4.69) is 32.1 Å². The molecule has 0 amide bonds. The van der Waals surface area contributed by atoms with Crippen molar-refractivity contribution < 1.29 is 4.74 Å². The van der Waals surface area contributed by atoms with Crippen molar-refractivity contribution in [2.45, 2.75) is 33.3 Å². The van der Waals surface area contributed by atoms with Gasteiger partial charge < -0.3 is 4.74 Å². The van der Waals surface area contributed by atoms with Gasteiger partial charge in [0.1, 0.15) is 18.2 Å². The zero-order valence-corrected chi connectivity index (χ0v) is 20.9. The standard InChI is InChI=1S/C26H23BrClN3O2/c1-16(2)25-30-23-9-8-20(27)13-21(23)26(32)31(25)29-14-18-7-10-24(22(28)12-18)33-15-19-6-4-5-17(3)11-19/h4-14,16H,15H2,1-3H3. The first-order chi connectivity index (χ1) is 15.8. The van der Waals surface area contributed by atoms with Crippen molar-refractivity contribution in [2.24, 2.45) is 5.10 Å². The summed E-state index contributed by atoms with van der Waals surface area (Å²) in [5.74, 6) is 1.20. The summed E-state index contributed by atoms with van der Waals surface area (Å²) in [6.45, 7) is 6.44. The molecule has 3 aromatic carbocycles. The predicted octanol–water partition coefficient (Wildman–Crippen LogP) is 6.71. The van der Waals surface area contributed by atoms with Crippen LogP contribution < -0.4 is 10.3 Å². The van der Waals surface area contributed by atoms with E-state index in [1.165, 1.54) is 10.2 Å². The SMILES string of the molecule is Cc1cccc(COc2ccc(C=Nn3c(C(C)C)nc4ccc(Br)cc4c3=O)cc2Cl)c1. The van der Waals surface area contributed by atoms with Gasteiger partial charge in [-0.05, 0) is 54.4 Å². The maximum atomic E-state index is 13.1. The molecule has 0 atom stereocenters. The molecule has 0 aliphatic rings. The first-order valence-electron chi connectivity index (χ1n) is 10.6. The van der Waals surface area contributed by atoms with Crippen LogP contribution in [0.25, 0.3) is 10.9 Å². The second-order valence-corrected chi connectivity index (χ2v) is 9.44. The molecule has 4 rings (SSSR count). The molecule has 0 aliphatic heterocycles. The molecule has 0 spiro atoms. The Labute approximate surface area is 205 Å². The summed E-state index contributed by atoms with van der Waals surface area (Å²) < 4.78 is 8.05. The maximum Gasteiger partial charge on any atom is 0.282 e. The largest absolute Gasteiger partial charge is 0.487 e. The molecule has 0 aliphatic carbocycles. The number of hydrogen-bond donors (Lipinski definition) is 0. The number of nitrogens with zero attached hydrogens (tertiary/aromatic N) is 3. The Morgan fingerprint density at radius 3 is 2.70 bits per heavy atom. The Hall–Kier alpha value is -2.96. The number of halogens is 2. The first kappa shape index (κ1) is 23.2. The van der Waals surface area contributed by atoms with Crippen molar-refractivity contribution in [2.75, 3.05) is 0 Å². The quantitative estimate of drug-likeness (QED) is 0.264. The third-order valence-electron chi connectivity index (χ3n) is 5.10. The summed E-state index contributed by atoms with van der Waals surface area (Å²) in [5, 5.41) is 5.43. The van der Waals surface area contributed by atoms with Gasteiger partial charge in [0.2, 0.25) is 0 Å². The van der Waals surface area contributed by atoms with Crippen LogP contribution in [0.5, 0.6) is 5.75 Å². The van der Waals surface area contributed by atoms with Crippen LogP contribution >= 0.6 is 27.5 Å². The van der Waals surface area contributed by atoms with Crippen LogP contribution in [-0.4, -0.2) is 15.9 Å². The van der Waals surface area contributed by atoms with Crippen molar-refractivity contribution in [1.29, 1.82) is 0 Å². The summed E-state index contributed by atoms with van der Waals surface area (Å²) in [5.41, 5.74) is 3.44. The van der Waals surface area contributed by atoms with Gasteiger partial charge in [-0.15, -0.1) is 0 Å². The second kappa shape index (κ2) is 9.89. The normalized spacial score (nSPS) is 11.6. The highest BCUT2D eigenvalue weighted by Gasteiger charge is 2.14. The summed E-state index contributed by atoms with van der Waals surface area (Å²) >= 11 is 9.86. The van der Waals surface area contributed by atoms with Crippen molar-refractivity contribution in [3.63, 3.8) is 0 Å². The Balaban J connectivity index is 1.61. The zero-order valence-electron chi connectivity index (χ0n) is 18.5. The lowest BCUT2D eigenvalue weighted by atomic mass is 10.1. The minimum atomic E-state index is -0.217. The molecule has 33 heavy (non-hydrogen) atoms. The molecule has 0 unspecified atom stereocenters. The zero-order chi connectivity index (χ0) is 23.5. The van der Waals surface area contributed by atoms with Crippen LogP contribution in [0, 0.1) is 6.92 Å². The highest BCUT2D eigenvalue weighted by Crippen LogP contribution is 2.26. The van der Waals surface area contributed by atoms with Gasteiger partial charge in [-0.1, -0.05) is 71.2 Å². The lowest BCUT2D eigenvalue weighted by molar-refractivity contribution is 0.306. The number of benzene rings is 3. The highest BCUT2D eigenvalue weighted by atomic mass is 79.9. The van der Waals surface area contributed by atoms with Crippen LogP contribution in [0.3, 0.4) is 0 Å². The molecule has 4 aromatic rings. The lowest BCUT2D eigenvalue weighted by Gasteiger charge is -2.12. The lowest BCUT2D eigenvalue weighted by Crippen LogP contribution is -2.23. The Morgan fingerprint density at radius 2 is 1.97 bits per heavy atom. The molecule has 0 saturated carbocycles. The van der Waals surface area contributed by atoms with E-state index in [0.29, 0.717) is 34.1 Å². The van der Waals surface area contributed by atoms with Crippen molar-refractivity contribution >= 4 is 44.6 Å². The summed E-state index contributed by atoms with van der Waals surface area (Å²) in [6.07, 6.45) is 1.61. The van der Waals surface area contributed by atoms with Crippen LogP contribution in [0.1, 0.15) is 42.3 Å². The number of aromatic nitrogens is 2.